The summed E-state index contributed by atoms with van der Waals surface area (Å²) in [5.41, 5.74) is 8.15. The predicted molar refractivity (Wildman–Crippen MR) is 69.9 cm³/mol. The molecule has 0 heterocycles. The summed E-state index contributed by atoms with van der Waals surface area (Å²) in [7, 11) is 0. The maximum Gasteiger partial charge on any atom is 0.254 e. The average molecular weight is 232 g/mol. The monoisotopic (exact) mass is 232 g/mol. The van der Waals surface area contributed by atoms with Gasteiger partial charge < -0.3 is 10.6 Å². The van der Waals surface area contributed by atoms with Gasteiger partial charge in [0.2, 0.25) is 0 Å². The van der Waals surface area contributed by atoms with Crippen molar-refractivity contribution < 1.29 is 4.79 Å². The molecule has 0 saturated heterocycles. The topological polar surface area (TPSA) is 46.3 Å². The average Bonchev–Trinajstić information content (AvgIpc) is 3.12. The van der Waals surface area contributed by atoms with Gasteiger partial charge in [-0.1, -0.05) is 6.07 Å². The van der Waals surface area contributed by atoms with E-state index in [-0.39, 0.29) is 5.91 Å². The number of nitrogen functional groups attached to an aromatic ring is 1. The number of carbonyl (C=O) groups is 1. The molecule has 2 N–H and O–H groups in total. The number of aryl methyl sites for hydroxylation is 1. The second-order valence-electron chi connectivity index (χ2n) is 4.86. The van der Waals surface area contributed by atoms with Crippen LogP contribution < -0.4 is 5.73 Å². The molecular formula is C14H20N2O. The van der Waals surface area contributed by atoms with E-state index >= 15 is 0 Å². The van der Waals surface area contributed by atoms with E-state index in [2.05, 4.69) is 0 Å². The lowest BCUT2D eigenvalue weighted by atomic mass is 10.1. The van der Waals surface area contributed by atoms with Gasteiger partial charge in [-0.3, -0.25) is 4.79 Å². The van der Waals surface area contributed by atoms with Crippen molar-refractivity contribution in [3.63, 3.8) is 0 Å². The molecular weight excluding hydrogens is 212 g/mol. The van der Waals surface area contributed by atoms with Gasteiger partial charge in [0.25, 0.3) is 5.91 Å². The van der Waals surface area contributed by atoms with Crippen LogP contribution >= 0.6 is 0 Å². The summed E-state index contributed by atoms with van der Waals surface area (Å²) in [5.74, 6) is 0.837. The fraction of sp³-hybridized carbons (Fsp3) is 0.500. The van der Waals surface area contributed by atoms with Crippen LogP contribution in [0.5, 0.6) is 0 Å². The van der Waals surface area contributed by atoms with Crippen LogP contribution in [0.25, 0.3) is 0 Å². The van der Waals surface area contributed by atoms with E-state index in [1.165, 1.54) is 12.8 Å². The van der Waals surface area contributed by atoms with Crippen LogP contribution in [0.1, 0.15) is 35.7 Å². The van der Waals surface area contributed by atoms with Gasteiger partial charge in [0, 0.05) is 24.3 Å². The zero-order valence-corrected chi connectivity index (χ0v) is 10.6. The zero-order valence-electron chi connectivity index (χ0n) is 10.6. The Morgan fingerprint density at radius 3 is 2.76 bits per heavy atom. The number of hydrogen-bond donors (Lipinski definition) is 1. The highest BCUT2D eigenvalue weighted by atomic mass is 16.2. The van der Waals surface area contributed by atoms with Gasteiger partial charge in [0.15, 0.2) is 0 Å². The molecule has 0 aromatic heterocycles. The smallest absolute Gasteiger partial charge is 0.254 e. The number of amides is 1. The van der Waals surface area contributed by atoms with Crippen molar-refractivity contribution >= 4 is 11.6 Å². The first-order chi connectivity index (χ1) is 8.11. The molecule has 0 unspecified atom stereocenters. The number of anilines is 1. The largest absolute Gasteiger partial charge is 0.399 e. The molecule has 1 aliphatic rings. The minimum Gasteiger partial charge on any atom is -0.399 e. The molecule has 1 aromatic rings. The van der Waals surface area contributed by atoms with Crippen LogP contribution in [0.15, 0.2) is 18.2 Å². The third-order valence-electron chi connectivity index (χ3n) is 3.34. The molecule has 1 fully saturated rings. The van der Waals surface area contributed by atoms with Crippen LogP contribution in [0.3, 0.4) is 0 Å². The van der Waals surface area contributed by atoms with Gasteiger partial charge in [-0.2, -0.15) is 0 Å². The van der Waals surface area contributed by atoms with Gasteiger partial charge in [-0.05, 0) is 50.3 Å². The van der Waals surface area contributed by atoms with E-state index in [0.29, 0.717) is 5.69 Å². The Kier molecular flexibility index (Phi) is 3.36. The van der Waals surface area contributed by atoms with Crippen molar-refractivity contribution in [3.8, 4) is 0 Å². The lowest BCUT2D eigenvalue weighted by Gasteiger charge is -2.21. The molecule has 92 valence electrons. The standard InChI is InChI=1S/C14H20N2O/c1-3-16(9-11-5-6-11)14(17)13-8-12(15)7-4-10(13)2/h4,7-8,11H,3,5-6,9,15H2,1-2H3. The molecule has 1 amide bonds. The molecule has 1 saturated carbocycles. The minimum atomic E-state index is 0.115. The summed E-state index contributed by atoms with van der Waals surface area (Å²) >= 11 is 0. The maximum absolute atomic E-state index is 12.4. The first kappa shape index (κ1) is 12.0. The fourth-order valence-electron chi connectivity index (χ4n) is 2.01. The van der Waals surface area contributed by atoms with Gasteiger partial charge in [0.05, 0.1) is 0 Å². The SMILES string of the molecule is CCN(CC1CC1)C(=O)c1cc(N)ccc1C. The van der Waals surface area contributed by atoms with E-state index in [1.807, 2.05) is 30.9 Å². The van der Waals surface area contributed by atoms with Crippen LogP contribution in [0.4, 0.5) is 5.69 Å². The summed E-state index contributed by atoms with van der Waals surface area (Å²) in [6, 6.07) is 5.53. The lowest BCUT2D eigenvalue weighted by molar-refractivity contribution is 0.0756. The van der Waals surface area contributed by atoms with Crippen molar-refractivity contribution in [1.29, 1.82) is 0 Å². The van der Waals surface area contributed by atoms with Gasteiger partial charge in [-0.25, -0.2) is 0 Å². The van der Waals surface area contributed by atoms with Gasteiger partial charge in [-0.15, -0.1) is 0 Å². The minimum absolute atomic E-state index is 0.115. The summed E-state index contributed by atoms with van der Waals surface area (Å²) in [6.07, 6.45) is 2.53. The molecule has 0 radical (unpaired) electrons. The third kappa shape index (κ3) is 2.78. The Morgan fingerprint density at radius 2 is 2.18 bits per heavy atom. The Balaban J connectivity index is 2.18. The summed E-state index contributed by atoms with van der Waals surface area (Å²) < 4.78 is 0. The number of benzene rings is 1. The van der Waals surface area contributed by atoms with Gasteiger partial charge >= 0.3 is 0 Å². The van der Waals surface area contributed by atoms with Crippen molar-refractivity contribution in [2.45, 2.75) is 26.7 Å². The first-order valence-corrected chi connectivity index (χ1v) is 6.27. The lowest BCUT2D eigenvalue weighted by Crippen LogP contribution is -2.33. The van der Waals surface area contributed by atoms with Crippen LogP contribution in [0.2, 0.25) is 0 Å². The zero-order chi connectivity index (χ0) is 12.4. The normalized spacial score (nSPS) is 14.7. The van der Waals surface area contributed by atoms with E-state index in [4.69, 9.17) is 5.73 Å². The molecule has 3 heteroatoms. The highest BCUT2D eigenvalue weighted by molar-refractivity contribution is 5.96. The second kappa shape index (κ2) is 4.78. The molecule has 1 aliphatic carbocycles. The highest BCUT2D eigenvalue weighted by Gasteiger charge is 2.26. The van der Waals surface area contributed by atoms with E-state index < -0.39 is 0 Å². The number of carbonyl (C=O) groups excluding carboxylic acids is 1. The predicted octanol–water partition coefficient (Wildman–Crippen LogP) is 2.45. The number of nitrogens with two attached hydrogens (primary N) is 1. The fourth-order valence-corrected chi connectivity index (χ4v) is 2.01. The Bertz CT molecular complexity index is 424. The van der Waals surface area contributed by atoms with Crippen molar-refractivity contribution in [2.24, 2.45) is 5.92 Å². The van der Waals surface area contributed by atoms with Crippen LogP contribution in [-0.4, -0.2) is 23.9 Å². The van der Waals surface area contributed by atoms with E-state index in [0.717, 1.165) is 30.1 Å². The van der Waals surface area contributed by atoms with Gasteiger partial charge in [0.1, 0.15) is 0 Å². The molecule has 3 nitrogen and oxygen atoms in total. The number of rotatable bonds is 4. The molecule has 17 heavy (non-hydrogen) atoms. The number of nitrogens with zero attached hydrogens (tertiary/aromatic N) is 1. The molecule has 0 bridgehead atoms. The highest BCUT2D eigenvalue weighted by Crippen LogP contribution is 2.30. The molecule has 0 aliphatic heterocycles. The van der Waals surface area contributed by atoms with Crippen LogP contribution in [0, 0.1) is 12.8 Å². The molecule has 2 rings (SSSR count). The molecule has 0 spiro atoms. The van der Waals surface area contributed by atoms with Crippen molar-refractivity contribution in [1.82, 2.24) is 4.90 Å². The Hall–Kier alpha value is -1.51. The Labute approximate surface area is 103 Å². The second-order valence-corrected chi connectivity index (χ2v) is 4.86. The summed E-state index contributed by atoms with van der Waals surface area (Å²) in [5, 5.41) is 0. The molecule has 1 aromatic carbocycles. The molecule has 0 atom stereocenters. The third-order valence-corrected chi connectivity index (χ3v) is 3.34. The summed E-state index contributed by atoms with van der Waals surface area (Å²) in [4.78, 5) is 14.3. The first-order valence-electron chi connectivity index (χ1n) is 6.27. The van der Waals surface area contributed by atoms with Crippen molar-refractivity contribution in [2.75, 3.05) is 18.8 Å². The van der Waals surface area contributed by atoms with Crippen LogP contribution in [-0.2, 0) is 0 Å². The van der Waals surface area contributed by atoms with Crippen molar-refractivity contribution in [3.05, 3.63) is 29.3 Å². The quantitative estimate of drug-likeness (QED) is 0.810. The summed E-state index contributed by atoms with van der Waals surface area (Å²) in [6.45, 7) is 5.65. The van der Waals surface area contributed by atoms with E-state index in [1.54, 1.807) is 6.07 Å². The Morgan fingerprint density at radius 1 is 1.47 bits per heavy atom. The maximum atomic E-state index is 12.4. The number of hydrogen-bond acceptors (Lipinski definition) is 2. The van der Waals surface area contributed by atoms with E-state index in [9.17, 15) is 4.79 Å².